The van der Waals surface area contributed by atoms with Crippen molar-refractivity contribution in [1.82, 2.24) is 10.2 Å². The van der Waals surface area contributed by atoms with Crippen molar-refractivity contribution < 1.29 is 0 Å². The van der Waals surface area contributed by atoms with E-state index in [2.05, 4.69) is 31.0 Å². The van der Waals surface area contributed by atoms with Crippen molar-refractivity contribution in [2.75, 3.05) is 19.6 Å². The molecule has 2 heteroatoms. The zero-order chi connectivity index (χ0) is 10.8. The van der Waals surface area contributed by atoms with Crippen LogP contribution in [-0.2, 0) is 0 Å². The number of likely N-dealkylation sites (tertiary alicyclic amines) is 1. The molecule has 0 amide bonds. The number of nitrogens with zero attached hydrogens (tertiary/aromatic N) is 1. The highest BCUT2D eigenvalue weighted by Gasteiger charge is 2.35. The highest BCUT2D eigenvalue weighted by atomic mass is 15.2. The SMILES string of the molecule is CCC1CNCC1N1CCC(C)CC1C. The minimum Gasteiger partial charge on any atom is -0.315 e. The van der Waals surface area contributed by atoms with Crippen molar-refractivity contribution in [3.8, 4) is 0 Å². The Labute approximate surface area is 94.4 Å². The molecule has 88 valence electrons. The maximum absolute atomic E-state index is 3.56. The smallest absolute Gasteiger partial charge is 0.0263 e. The predicted molar refractivity (Wildman–Crippen MR) is 65.0 cm³/mol. The molecular weight excluding hydrogens is 184 g/mol. The summed E-state index contributed by atoms with van der Waals surface area (Å²) in [4.78, 5) is 2.77. The summed E-state index contributed by atoms with van der Waals surface area (Å²) in [5.41, 5.74) is 0. The lowest BCUT2D eigenvalue weighted by atomic mass is 9.89. The summed E-state index contributed by atoms with van der Waals surface area (Å²) in [6.45, 7) is 10.9. The minimum atomic E-state index is 0.799. The first-order valence-corrected chi connectivity index (χ1v) is 6.68. The van der Waals surface area contributed by atoms with Crippen LogP contribution in [0.4, 0.5) is 0 Å². The van der Waals surface area contributed by atoms with Crippen LogP contribution in [-0.4, -0.2) is 36.6 Å². The maximum atomic E-state index is 3.56. The minimum absolute atomic E-state index is 0.799. The van der Waals surface area contributed by atoms with Gasteiger partial charge in [-0.15, -0.1) is 0 Å². The van der Waals surface area contributed by atoms with Crippen molar-refractivity contribution >= 4 is 0 Å². The Morgan fingerprint density at radius 3 is 2.73 bits per heavy atom. The molecule has 0 aromatic heterocycles. The van der Waals surface area contributed by atoms with E-state index in [-0.39, 0.29) is 0 Å². The van der Waals surface area contributed by atoms with E-state index in [0.717, 1.165) is 23.9 Å². The number of nitrogens with one attached hydrogen (secondary N) is 1. The molecule has 0 bridgehead atoms. The normalized spacial score (nSPS) is 43.4. The van der Waals surface area contributed by atoms with Crippen molar-refractivity contribution in [1.29, 1.82) is 0 Å². The maximum Gasteiger partial charge on any atom is 0.0263 e. The standard InChI is InChI=1S/C13H26N2/c1-4-12-8-14-9-13(12)15-6-5-10(2)7-11(15)3/h10-14H,4-9H2,1-3H3. The second kappa shape index (κ2) is 4.84. The molecule has 2 nitrogen and oxygen atoms in total. The Morgan fingerprint density at radius 1 is 1.27 bits per heavy atom. The van der Waals surface area contributed by atoms with Gasteiger partial charge in [0.1, 0.15) is 0 Å². The Balaban J connectivity index is 1.97. The van der Waals surface area contributed by atoms with Crippen LogP contribution >= 0.6 is 0 Å². The zero-order valence-electron chi connectivity index (χ0n) is 10.5. The number of hydrogen-bond acceptors (Lipinski definition) is 2. The van der Waals surface area contributed by atoms with E-state index in [0.29, 0.717) is 0 Å². The number of piperidine rings is 1. The van der Waals surface area contributed by atoms with Crippen LogP contribution in [0.5, 0.6) is 0 Å². The first kappa shape index (κ1) is 11.4. The number of hydrogen-bond donors (Lipinski definition) is 1. The van der Waals surface area contributed by atoms with Gasteiger partial charge in [0.2, 0.25) is 0 Å². The van der Waals surface area contributed by atoms with Gasteiger partial charge < -0.3 is 5.32 Å². The molecule has 0 radical (unpaired) electrons. The molecule has 0 aromatic carbocycles. The van der Waals surface area contributed by atoms with Gasteiger partial charge >= 0.3 is 0 Å². The third-order valence-electron chi connectivity index (χ3n) is 4.44. The van der Waals surface area contributed by atoms with Crippen molar-refractivity contribution in [2.45, 2.75) is 52.1 Å². The fourth-order valence-electron chi connectivity index (χ4n) is 3.44. The molecule has 2 fully saturated rings. The molecule has 2 aliphatic heterocycles. The molecular formula is C13H26N2. The first-order chi connectivity index (χ1) is 7.22. The van der Waals surface area contributed by atoms with Crippen LogP contribution in [0.2, 0.25) is 0 Å². The van der Waals surface area contributed by atoms with E-state index >= 15 is 0 Å². The molecule has 4 atom stereocenters. The lowest BCUT2D eigenvalue weighted by molar-refractivity contribution is 0.0691. The molecule has 2 saturated heterocycles. The molecule has 1 N–H and O–H groups in total. The molecule has 4 unspecified atom stereocenters. The Hall–Kier alpha value is -0.0800. The second-order valence-corrected chi connectivity index (χ2v) is 5.61. The third kappa shape index (κ3) is 2.36. The van der Waals surface area contributed by atoms with Gasteiger partial charge in [-0.25, -0.2) is 0 Å². The van der Waals surface area contributed by atoms with E-state index < -0.39 is 0 Å². The summed E-state index contributed by atoms with van der Waals surface area (Å²) in [6, 6.07) is 1.62. The molecule has 2 aliphatic rings. The van der Waals surface area contributed by atoms with E-state index in [4.69, 9.17) is 0 Å². The van der Waals surface area contributed by atoms with E-state index in [1.807, 2.05) is 0 Å². The van der Waals surface area contributed by atoms with Gasteiger partial charge in [-0.2, -0.15) is 0 Å². The van der Waals surface area contributed by atoms with Gasteiger partial charge in [0.05, 0.1) is 0 Å². The first-order valence-electron chi connectivity index (χ1n) is 6.68. The summed E-state index contributed by atoms with van der Waals surface area (Å²) < 4.78 is 0. The van der Waals surface area contributed by atoms with Crippen LogP contribution in [0.25, 0.3) is 0 Å². The van der Waals surface area contributed by atoms with Gasteiger partial charge in [0, 0.05) is 18.6 Å². The van der Waals surface area contributed by atoms with Crippen molar-refractivity contribution in [3.05, 3.63) is 0 Å². The fraction of sp³-hybridized carbons (Fsp3) is 1.00. The van der Waals surface area contributed by atoms with Gasteiger partial charge in [-0.1, -0.05) is 20.3 Å². The summed E-state index contributed by atoms with van der Waals surface area (Å²) in [5.74, 6) is 1.83. The molecule has 15 heavy (non-hydrogen) atoms. The van der Waals surface area contributed by atoms with Crippen LogP contribution in [0.3, 0.4) is 0 Å². The van der Waals surface area contributed by atoms with Gasteiger partial charge in [0.15, 0.2) is 0 Å². The molecule has 2 heterocycles. The monoisotopic (exact) mass is 210 g/mol. The summed E-state index contributed by atoms with van der Waals surface area (Å²) in [7, 11) is 0. The predicted octanol–water partition coefficient (Wildman–Crippen LogP) is 2.10. The van der Waals surface area contributed by atoms with Crippen LogP contribution in [0, 0.1) is 11.8 Å². The third-order valence-corrected chi connectivity index (χ3v) is 4.44. The summed E-state index contributed by atoms with van der Waals surface area (Å²) >= 11 is 0. The lowest BCUT2D eigenvalue weighted by Crippen LogP contribution is -2.49. The van der Waals surface area contributed by atoms with Crippen LogP contribution in [0.1, 0.15) is 40.0 Å². The molecule has 0 saturated carbocycles. The van der Waals surface area contributed by atoms with Gasteiger partial charge in [-0.05, 0) is 44.7 Å². The van der Waals surface area contributed by atoms with Gasteiger partial charge in [-0.3, -0.25) is 4.90 Å². The van der Waals surface area contributed by atoms with E-state index in [1.165, 1.54) is 38.9 Å². The summed E-state index contributed by atoms with van der Waals surface area (Å²) in [6.07, 6.45) is 4.13. The van der Waals surface area contributed by atoms with E-state index in [1.54, 1.807) is 0 Å². The second-order valence-electron chi connectivity index (χ2n) is 5.61. The quantitative estimate of drug-likeness (QED) is 0.751. The Morgan fingerprint density at radius 2 is 2.07 bits per heavy atom. The molecule has 2 rings (SSSR count). The topological polar surface area (TPSA) is 15.3 Å². The Bertz CT molecular complexity index is 205. The Kier molecular flexibility index (Phi) is 3.68. The summed E-state index contributed by atoms with van der Waals surface area (Å²) in [5, 5.41) is 3.56. The average molecular weight is 210 g/mol. The van der Waals surface area contributed by atoms with E-state index in [9.17, 15) is 0 Å². The molecule has 0 spiro atoms. The van der Waals surface area contributed by atoms with Crippen LogP contribution < -0.4 is 5.32 Å². The highest BCUT2D eigenvalue weighted by Crippen LogP contribution is 2.28. The molecule has 0 aromatic rings. The molecule has 0 aliphatic carbocycles. The number of rotatable bonds is 2. The average Bonchev–Trinajstić information content (AvgIpc) is 2.65. The van der Waals surface area contributed by atoms with Crippen molar-refractivity contribution in [2.24, 2.45) is 11.8 Å². The zero-order valence-corrected chi connectivity index (χ0v) is 10.5. The highest BCUT2D eigenvalue weighted by molar-refractivity contribution is 4.92. The van der Waals surface area contributed by atoms with Crippen molar-refractivity contribution in [3.63, 3.8) is 0 Å². The fourth-order valence-corrected chi connectivity index (χ4v) is 3.44. The lowest BCUT2D eigenvalue weighted by Gasteiger charge is -2.42. The van der Waals surface area contributed by atoms with Crippen LogP contribution in [0.15, 0.2) is 0 Å². The van der Waals surface area contributed by atoms with Gasteiger partial charge in [0.25, 0.3) is 0 Å². The largest absolute Gasteiger partial charge is 0.315 e.